The first-order valence-electron chi connectivity index (χ1n) is 5.43. The van der Waals surface area contributed by atoms with Crippen LogP contribution in [-0.4, -0.2) is 26.7 Å². The Hall–Kier alpha value is -3.27. The van der Waals surface area contributed by atoms with Gasteiger partial charge in [0.25, 0.3) is 0 Å². The maximum absolute atomic E-state index is 11.2. The molecule has 2 rings (SSSR count). The van der Waals surface area contributed by atoms with Crippen LogP contribution in [0.25, 0.3) is 5.69 Å². The second kappa shape index (κ2) is 4.78. The van der Waals surface area contributed by atoms with Gasteiger partial charge in [0, 0.05) is 11.9 Å². The highest BCUT2D eigenvalue weighted by atomic mass is 16.4. The van der Waals surface area contributed by atoms with Crippen LogP contribution in [0.1, 0.15) is 26.4 Å². The monoisotopic (exact) mass is 271 g/mol. The van der Waals surface area contributed by atoms with Crippen LogP contribution >= 0.6 is 0 Å². The molecule has 1 aromatic heterocycles. The fraction of sp³-hybridized carbons (Fsp3) is 0. The van der Waals surface area contributed by atoms with Crippen molar-refractivity contribution >= 4 is 17.6 Å². The number of nitrogens with two attached hydrogens (primary N) is 1. The molecule has 0 spiro atoms. The molecule has 0 amide bonds. The molecule has 0 saturated heterocycles. The number of anilines is 1. The van der Waals surface area contributed by atoms with E-state index >= 15 is 0 Å². The number of rotatable bonds is 3. The predicted octanol–water partition coefficient (Wildman–Crippen LogP) is 1.33. The summed E-state index contributed by atoms with van der Waals surface area (Å²) >= 11 is 0. The van der Waals surface area contributed by atoms with E-state index in [1.807, 2.05) is 6.07 Å². The van der Waals surface area contributed by atoms with Gasteiger partial charge in [0.1, 0.15) is 5.56 Å². The number of nitriles is 1. The van der Waals surface area contributed by atoms with Crippen LogP contribution in [0, 0.1) is 11.3 Å². The van der Waals surface area contributed by atoms with Crippen molar-refractivity contribution in [3.63, 3.8) is 0 Å². The van der Waals surface area contributed by atoms with Crippen molar-refractivity contribution in [3.05, 3.63) is 47.3 Å². The topological polar surface area (TPSA) is 129 Å². The Morgan fingerprint density at radius 3 is 2.20 bits per heavy atom. The molecule has 1 heterocycles. The number of aromatic carboxylic acids is 2. The Morgan fingerprint density at radius 2 is 1.75 bits per heavy atom. The smallest absolute Gasteiger partial charge is 0.355 e. The second-order valence-corrected chi connectivity index (χ2v) is 3.94. The molecule has 0 aliphatic carbocycles. The predicted molar refractivity (Wildman–Crippen MR) is 68.8 cm³/mol. The van der Waals surface area contributed by atoms with Gasteiger partial charge in [0.15, 0.2) is 5.69 Å². The molecular weight excluding hydrogens is 262 g/mol. The molecule has 0 aliphatic rings. The fourth-order valence-corrected chi connectivity index (χ4v) is 1.81. The molecule has 20 heavy (non-hydrogen) atoms. The van der Waals surface area contributed by atoms with Gasteiger partial charge in [-0.2, -0.15) is 5.26 Å². The summed E-state index contributed by atoms with van der Waals surface area (Å²) in [6.07, 6.45) is 1.14. The van der Waals surface area contributed by atoms with Crippen molar-refractivity contribution < 1.29 is 19.8 Å². The molecule has 0 aliphatic heterocycles. The molecular formula is C13H9N3O4. The minimum atomic E-state index is -1.33. The standard InChI is InChI=1S/C13H9N3O4/c14-5-7-1-3-8(4-2-7)16-6-9(12(17)18)10(15)11(16)13(19)20/h1-4,6H,15H2,(H,17,18)(H,19,20). The molecule has 0 unspecified atom stereocenters. The third kappa shape index (κ3) is 2.06. The highest BCUT2D eigenvalue weighted by molar-refractivity contribution is 6.02. The lowest BCUT2D eigenvalue weighted by molar-refractivity contribution is 0.0685. The Balaban J connectivity index is 2.66. The Kier molecular flexibility index (Phi) is 3.15. The normalized spacial score (nSPS) is 9.95. The number of nitrogens with zero attached hydrogens (tertiary/aromatic N) is 2. The van der Waals surface area contributed by atoms with E-state index in [1.54, 1.807) is 0 Å². The SMILES string of the molecule is N#Cc1ccc(-n2cc(C(=O)O)c(N)c2C(=O)O)cc1. The zero-order valence-corrected chi connectivity index (χ0v) is 10.1. The summed E-state index contributed by atoms with van der Waals surface area (Å²) in [5, 5.41) is 26.9. The molecule has 0 fully saturated rings. The largest absolute Gasteiger partial charge is 0.478 e. The van der Waals surface area contributed by atoms with Crippen LogP contribution in [0.4, 0.5) is 5.69 Å². The highest BCUT2D eigenvalue weighted by Gasteiger charge is 2.23. The van der Waals surface area contributed by atoms with Gasteiger partial charge >= 0.3 is 11.9 Å². The summed E-state index contributed by atoms with van der Waals surface area (Å²) in [6, 6.07) is 7.95. The second-order valence-electron chi connectivity index (χ2n) is 3.94. The van der Waals surface area contributed by atoms with Gasteiger partial charge in [-0.1, -0.05) is 0 Å². The van der Waals surface area contributed by atoms with Gasteiger partial charge < -0.3 is 20.5 Å². The van der Waals surface area contributed by atoms with Crippen molar-refractivity contribution in [2.45, 2.75) is 0 Å². The molecule has 1 aromatic carbocycles. The van der Waals surface area contributed by atoms with Crippen LogP contribution in [0.15, 0.2) is 30.5 Å². The van der Waals surface area contributed by atoms with Gasteiger partial charge in [-0.05, 0) is 24.3 Å². The minimum Gasteiger partial charge on any atom is -0.478 e. The van der Waals surface area contributed by atoms with E-state index < -0.39 is 11.9 Å². The molecule has 0 saturated carbocycles. The minimum absolute atomic E-state index is 0.285. The van der Waals surface area contributed by atoms with Gasteiger partial charge in [0.2, 0.25) is 0 Å². The summed E-state index contributed by atoms with van der Waals surface area (Å²) < 4.78 is 1.17. The molecule has 2 aromatic rings. The maximum atomic E-state index is 11.2. The average molecular weight is 271 g/mol. The number of benzene rings is 1. The zero-order valence-electron chi connectivity index (χ0n) is 10.1. The number of nitrogen functional groups attached to an aromatic ring is 1. The number of aromatic nitrogens is 1. The third-order valence-corrected chi connectivity index (χ3v) is 2.75. The highest BCUT2D eigenvalue weighted by Crippen LogP contribution is 2.24. The van der Waals surface area contributed by atoms with E-state index in [2.05, 4.69) is 0 Å². The number of hydrogen-bond donors (Lipinski definition) is 3. The van der Waals surface area contributed by atoms with E-state index in [1.165, 1.54) is 28.8 Å². The van der Waals surface area contributed by atoms with Crippen molar-refractivity contribution in [1.82, 2.24) is 4.57 Å². The van der Waals surface area contributed by atoms with Gasteiger partial charge in [-0.3, -0.25) is 0 Å². The summed E-state index contributed by atoms with van der Waals surface area (Å²) in [5.41, 5.74) is 5.45. The lowest BCUT2D eigenvalue weighted by atomic mass is 10.2. The summed E-state index contributed by atoms with van der Waals surface area (Å²) in [5.74, 6) is -2.64. The van der Waals surface area contributed by atoms with Crippen molar-refractivity contribution in [2.75, 3.05) is 5.73 Å². The molecule has 0 atom stereocenters. The summed E-state index contributed by atoms with van der Waals surface area (Å²) in [6.45, 7) is 0. The Labute approximate surface area is 113 Å². The van der Waals surface area contributed by atoms with E-state index in [0.717, 1.165) is 6.20 Å². The van der Waals surface area contributed by atoms with Crippen LogP contribution in [0.3, 0.4) is 0 Å². The molecule has 0 bridgehead atoms. The first kappa shape index (κ1) is 13.2. The molecule has 7 nitrogen and oxygen atoms in total. The number of carboxylic acid groups (broad SMARTS) is 2. The van der Waals surface area contributed by atoms with Crippen LogP contribution in [-0.2, 0) is 0 Å². The van der Waals surface area contributed by atoms with E-state index in [9.17, 15) is 9.59 Å². The van der Waals surface area contributed by atoms with Crippen molar-refractivity contribution in [1.29, 1.82) is 5.26 Å². The van der Waals surface area contributed by atoms with Crippen molar-refractivity contribution in [2.24, 2.45) is 0 Å². The van der Waals surface area contributed by atoms with E-state index in [-0.39, 0.29) is 16.9 Å². The van der Waals surface area contributed by atoms with Crippen LogP contribution in [0.2, 0.25) is 0 Å². The van der Waals surface area contributed by atoms with E-state index in [0.29, 0.717) is 11.3 Å². The van der Waals surface area contributed by atoms with Crippen LogP contribution in [0.5, 0.6) is 0 Å². The van der Waals surface area contributed by atoms with Gasteiger partial charge in [0.05, 0.1) is 17.3 Å². The number of carbonyl (C=O) groups is 2. The number of hydrogen-bond acceptors (Lipinski definition) is 4. The Morgan fingerprint density at radius 1 is 1.15 bits per heavy atom. The summed E-state index contributed by atoms with van der Waals surface area (Å²) in [4.78, 5) is 22.2. The average Bonchev–Trinajstić information content (AvgIpc) is 2.76. The lowest BCUT2D eigenvalue weighted by Gasteiger charge is -2.06. The fourth-order valence-electron chi connectivity index (χ4n) is 1.81. The van der Waals surface area contributed by atoms with E-state index in [4.69, 9.17) is 21.2 Å². The molecule has 100 valence electrons. The lowest BCUT2D eigenvalue weighted by Crippen LogP contribution is -2.08. The van der Waals surface area contributed by atoms with Crippen molar-refractivity contribution in [3.8, 4) is 11.8 Å². The summed E-state index contributed by atoms with van der Waals surface area (Å²) in [7, 11) is 0. The first-order chi connectivity index (χ1) is 9.45. The molecule has 7 heteroatoms. The third-order valence-electron chi connectivity index (χ3n) is 2.75. The van der Waals surface area contributed by atoms with Gasteiger partial charge in [-0.25, -0.2) is 9.59 Å². The Bertz CT molecular complexity index is 738. The maximum Gasteiger partial charge on any atom is 0.355 e. The molecule has 4 N–H and O–H groups in total. The molecule has 0 radical (unpaired) electrons. The quantitative estimate of drug-likeness (QED) is 0.772. The van der Waals surface area contributed by atoms with Crippen LogP contribution < -0.4 is 5.73 Å². The van der Waals surface area contributed by atoms with Gasteiger partial charge in [-0.15, -0.1) is 0 Å². The first-order valence-corrected chi connectivity index (χ1v) is 5.43. The number of carboxylic acids is 2. The zero-order chi connectivity index (χ0) is 14.9.